The van der Waals surface area contributed by atoms with Crippen LogP contribution in [0.25, 0.3) is 0 Å². The van der Waals surface area contributed by atoms with Crippen LogP contribution in [0.3, 0.4) is 0 Å². The molecule has 0 spiro atoms. The number of carbonyl (C=O) groups excluding carboxylic acids is 1. The summed E-state index contributed by atoms with van der Waals surface area (Å²) in [4.78, 5) is 26.6. The number of amides is 1. The minimum absolute atomic E-state index is 0.0660. The fourth-order valence-electron chi connectivity index (χ4n) is 2.96. The Labute approximate surface area is 145 Å². The molecule has 1 aromatic heterocycles. The molecule has 0 radical (unpaired) electrons. The van der Waals surface area contributed by atoms with Crippen LogP contribution < -0.4 is 15.6 Å². The number of pyridine rings is 1. The molecule has 0 unspecified atom stereocenters. The van der Waals surface area contributed by atoms with Crippen molar-refractivity contribution in [2.24, 2.45) is 0 Å². The van der Waals surface area contributed by atoms with E-state index in [1.54, 1.807) is 37.3 Å². The number of carbonyl (C=O) groups is 1. The Hall–Kier alpha value is -2.60. The quantitative estimate of drug-likeness (QED) is 0.796. The fourth-order valence-corrected chi connectivity index (χ4v) is 2.96. The zero-order valence-electron chi connectivity index (χ0n) is 14.1. The van der Waals surface area contributed by atoms with Crippen molar-refractivity contribution in [1.82, 2.24) is 4.98 Å². The second-order valence-electron chi connectivity index (χ2n) is 6.37. The summed E-state index contributed by atoms with van der Waals surface area (Å²) < 4.78 is 5.83. The number of aryl methyl sites for hydroxylation is 1. The number of ether oxygens (including phenoxy) is 1. The Kier molecular flexibility index (Phi) is 5.19. The number of hydrogen-bond acceptors (Lipinski definition) is 4. The average molecular weight is 342 g/mol. The molecule has 2 aromatic rings. The van der Waals surface area contributed by atoms with E-state index in [0.29, 0.717) is 17.1 Å². The maximum Gasteiger partial charge on any atom is 0.261 e. The third-order valence-corrected chi connectivity index (χ3v) is 4.37. The van der Waals surface area contributed by atoms with E-state index >= 15 is 0 Å². The van der Waals surface area contributed by atoms with Crippen molar-refractivity contribution in [2.45, 2.75) is 44.8 Å². The third-order valence-electron chi connectivity index (χ3n) is 4.37. The lowest BCUT2D eigenvalue weighted by Crippen LogP contribution is -2.34. The summed E-state index contributed by atoms with van der Waals surface area (Å²) in [6, 6.07) is 10.1. The highest BCUT2D eigenvalue weighted by molar-refractivity contribution is 6.03. The van der Waals surface area contributed by atoms with Gasteiger partial charge in [0.2, 0.25) is 0 Å². The SMILES string of the molecule is Cc1ccc(C(=O)Nc2ccc(O[C@@H]3CCCC[C@H]3O)cc2)c(=O)[nH]1. The molecule has 6 heteroatoms. The average Bonchev–Trinajstić information content (AvgIpc) is 2.58. The Morgan fingerprint density at radius 3 is 2.56 bits per heavy atom. The van der Waals surface area contributed by atoms with E-state index in [1.807, 2.05) is 0 Å². The first kappa shape index (κ1) is 17.2. The summed E-state index contributed by atoms with van der Waals surface area (Å²) in [7, 11) is 0. The highest BCUT2D eigenvalue weighted by Gasteiger charge is 2.24. The van der Waals surface area contributed by atoms with Gasteiger partial charge in [0.05, 0.1) is 6.10 Å². The smallest absolute Gasteiger partial charge is 0.261 e. The molecule has 0 aliphatic heterocycles. The molecule has 132 valence electrons. The van der Waals surface area contributed by atoms with Crippen LogP contribution in [0.15, 0.2) is 41.2 Å². The molecule has 1 aliphatic rings. The standard InChI is InChI=1S/C19H22N2O4/c1-12-6-11-15(18(23)20-12)19(24)21-13-7-9-14(10-8-13)25-17-5-3-2-4-16(17)22/h6-11,16-17,22H,2-5H2,1H3,(H,20,23)(H,21,24)/t16-,17-/m1/s1. The highest BCUT2D eigenvalue weighted by Crippen LogP contribution is 2.25. The van der Waals surface area contributed by atoms with Gasteiger partial charge in [0.15, 0.2) is 0 Å². The van der Waals surface area contributed by atoms with Crippen molar-refractivity contribution in [3.05, 3.63) is 58.0 Å². The minimum Gasteiger partial charge on any atom is -0.488 e. The van der Waals surface area contributed by atoms with Gasteiger partial charge in [-0.15, -0.1) is 0 Å². The van der Waals surface area contributed by atoms with Crippen LogP contribution in [0.4, 0.5) is 5.69 Å². The number of aromatic nitrogens is 1. The topological polar surface area (TPSA) is 91.4 Å². The van der Waals surface area contributed by atoms with E-state index in [-0.39, 0.29) is 11.7 Å². The second-order valence-corrected chi connectivity index (χ2v) is 6.37. The van der Waals surface area contributed by atoms with Gasteiger partial charge in [0.1, 0.15) is 17.4 Å². The lowest BCUT2D eigenvalue weighted by Gasteiger charge is -2.28. The first-order valence-electron chi connectivity index (χ1n) is 8.49. The Balaban J connectivity index is 1.64. The molecule has 1 amide bonds. The molecule has 2 atom stereocenters. The van der Waals surface area contributed by atoms with Crippen molar-refractivity contribution in [2.75, 3.05) is 5.32 Å². The van der Waals surface area contributed by atoms with E-state index in [1.165, 1.54) is 6.07 Å². The zero-order chi connectivity index (χ0) is 17.8. The summed E-state index contributed by atoms with van der Waals surface area (Å²) in [5, 5.41) is 12.7. The minimum atomic E-state index is -0.461. The molecule has 0 saturated heterocycles. The van der Waals surface area contributed by atoms with Gasteiger partial charge in [-0.2, -0.15) is 0 Å². The predicted molar refractivity (Wildman–Crippen MR) is 95.1 cm³/mol. The number of anilines is 1. The zero-order valence-corrected chi connectivity index (χ0v) is 14.1. The Morgan fingerprint density at radius 2 is 1.88 bits per heavy atom. The molecule has 0 bridgehead atoms. The summed E-state index contributed by atoms with van der Waals surface area (Å²) in [5.74, 6) is 0.190. The molecule has 1 fully saturated rings. The molecule has 25 heavy (non-hydrogen) atoms. The molecule has 1 heterocycles. The number of hydrogen-bond donors (Lipinski definition) is 3. The molecule has 6 nitrogen and oxygen atoms in total. The van der Waals surface area contributed by atoms with E-state index in [4.69, 9.17) is 4.74 Å². The molecule has 1 aromatic carbocycles. The van der Waals surface area contributed by atoms with Crippen LogP contribution in [0.5, 0.6) is 5.75 Å². The lowest BCUT2D eigenvalue weighted by molar-refractivity contribution is 0.00688. The Bertz CT molecular complexity index is 798. The Morgan fingerprint density at radius 1 is 1.16 bits per heavy atom. The highest BCUT2D eigenvalue weighted by atomic mass is 16.5. The molecule has 1 saturated carbocycles. The maximum absolute atomic E-state index is 12.2. The van der Waals surface area contributed by atoms with Crippen molar-refractivity contribution in [3.63, 3.8) is 0 Å². The molecule has 3 rings (SSSR count). The number of benzene rings is 1. The van der Waals surface area contributed by atoms with Crippen LogP contribution in [-0.2, 0) is 0 Å². The number of aromatic amines is 1. The lowest BCUT2D eigenvalue weighted by atomic mass is 9.95. The molecular weight excluding hydrogens is 320 g/mol. The van der Waals surface area contributed by atoms with Gasteiger partial charge >= 0.3 is 0 Å². The van der Waals surface area contributed by atoms with E-state index < -0.39 is 17.6 Å². The number of aliphatic hydroxyl groups excluding tert-OH is 1. The van der Waals surface area contributed by atoms with E-state index in [0.717, 1.165) is 25.7 Å². The first-order valence-corrected chi connectivity index (χ1v) is 8.49. The van der Waals surface area contributed by atoms with Crippen LogP contribution in [0.1, 0.15) is 41.7 Å². The molecule has 1 aliphatic carbocycles. The van der Waals surface area contributed by atoms with Crippen molar-refractivity contribution in [3.8, 4) is 5.75 Å². The first-order chi connectivity index (χ1) is 12.0. The molecule has 3 N–H and O–H groups in total. The third kappa shape index (κ3) is 4.28. The number of aliphatic hydroxyl groups is 1. The fraction of sp³-hybridized carbons (Fsp3) is 0.368. The normalized spacial score (nSPS) is 20.1. The van der Waals surface area contributed by atoms with Gasteiger partial charge < -0.3 is 20.1 Å². The number of nitrogens with one attached hydrogen (secondary N) is 2. The van der Waals surface area contributed by atoms with Gasteiger partial charge in [0, 0.05) is 11.4 Å². The van der Waals surface area contributed by atoms with Crippen LogP contribution >= 0.6 is 0 Å². The summed E-state index contributed by atoms with van der Waals surface area (Å²) in [6.07, 6.45) is 3.09. The summed E-state index contributed by atoms with van der Waals surface area (Å²) >= 11 is 0. The maximum atomic E-state index is 12.2. The summed E-state index contributed by atoms with van der Waals surface area (Å²) in [6.45, 7) is 1.76. The number of H-pyrrole nitrogens is 1. The predicted octanol–water partition coefficient (Wildman–Crippen LogP) is 2.62. The van der Waals surface area contributed by atoms with Crippen molar-refractivity contribution in [1.29, 1.82) is 0 Å². The van der Waals surface area contributed by atoms with Crippen molar-refractivity contribution >= 4 is 11.6 Å². The second kappa shape index (κ2) is 7.53. The van der Waals surface area contributed by atoms with Gasteiger partial charge in [0.25, 0.3) is 11.5 Å². The molecular formula is C19H22N2O4. The van der Waals surface area contributed by atoms with Crippen molar-refractivity contribution < 1.29 is 14.6 Å². The van der Waals surface area contributed by atoms with Gasteiger partial charge in [-0.25, -0.2) is 0 Å². The van der Waals surface area contributed by atoms with Gasteiger partial charge in [-0.05, 0) is 62.6 Å². The van der Waals surface area contributed by atoms with E-state index in [9.17, 15) is 14.7 Å². The van der Waals surface area contributed by atoms with Crippen LogP contribution in [0, 0.1) is 6.92 Å². The number of rotatable bonds is 4. The van der Waals surface area contributed by atoms with Crippen LogP contribution in [-0.4, -0.2) is 28.2 Å². The summed E-state index contributed by atoms with van der Waals surface area (Å²) in [5.41, 5.74) is 0.925. The van der Waals surface area contributed by atoms with Gasteiger partial charge in [-0.3, -0.25) is 9.59 Å². The van der Waals surface area contributed by atoms with E-state index in [2.05, 4.69) is 10.3 Å². The largest absolute Gasteiger partial charge is 0.488 e. The van der Waals surface area contributed by atoms with Crippen LogP contribution in [0.2, 0.25) is 0 Å². The van der Waals surface area contributed by atoms with Gasteiger partial charge in [-0.1, -0.05) is 6.42 Å². The monoisotopic (exact) mass is 342 g/mol.